The minimum Gasteiger partial charge on any atom is -0.344 e. The molecule has 4 aromatic rings. The summed E-state index contributed by atoms with van der Waals surface area (Å²) >= 11 is 1.74. The Morgan fingerprint density at radius 1 is 1.00 bits per heavy atom. The third-order valence-electron chi connectivity index (χ3n) is 5.63. The van der Waals surface area contributed by atoms with Gasteiger partial charge in [0.05, 0.1) is 35.3 Å². The van der Waals surface area contributed by atoms with Crippen molar-refractivity contribution in [2.24, 2.45) is 0 Å². The molecule has 1 amide bonds. The van der Waals surface area contributed by atoms with Crippen molar-refractivity contribution >= 4 is 28.6 Å². The molecular weight excluding hydrogens is 426 g/mol. The standard InChI is InChI=1S/C28H25N3OS/c1-33-19-17-23-26(28(32)31-24(16-18-29)20-10-4-2-5-11-20)22-14-8-9-15-25(22)30-27(23)21-12-6-3-7-13-21/h2-15,24H,16-17,19H2,1H3,(H,31,32). The number of hydrogen-bond donors (Lipinski definition) is 1. The maximum Gasteiger partial charge on any atom is 0.252 e. The molecule has 0 aliphatic carbocycles. The lowest BCUT2D eigenvalue weighted by Crippen LogP contribution is -2.30. The highest BCUT2D eigenvalue weighted by atomic mass is 32.2. The van der Waals surface area contributed by atoms with E-state index in [9.17, 15) is 10.1 Å². The SMILES string of the molecule is CSCCc1c(-c2ccccc2)nc2ccccc2c1C(=O)NC(CC#N)c1ccccc1. The molecule has 0 radical (unpaired) electrons. The number of thioether (sulfide) groups is 1. The number of aromatic nitrogens is 1. The highest BCUT2D eigenvalue weighted by molar-refractivity contribution is 7.98. The van der Waals surface area contributed by atoms with Gasteiger partial charge in [-0.05, 0) is 35.6 Å². The Kier molecular flexibility index (Phi) is 7.39. The van der Waals surface area contributed by atoms with Crippen LogP contribution in [-0.4, -0.2) is 22.9 Å². The topological polar surface area (TPSA) is 65.8 Å². The first-order valence-electron chi connectivity index (χ1n) is 10.9. The predicted molar refractivity (Wildman–Crippen MR) is 136 cm³/mol. The lowest BCUT2D eigenvalue weighted by molar-refractivity contribution is 0.0938. The summed E-state index contributed by atoms with van der Waals surface area (Å²) in [6.07, 6.45) is 2.99. The second kappa shape index (κ2) is 10.8. The molecule has 3 aromatic carbocycles. The van der Waals surface area contributed by atoms with E-state index >= 15 is 0 Å². The molecule has 164 valence electrons. The molecule has 33 heavy (non-hydrogen) atoms. The number of nitrogens with one attached hydrogen (secondary N) is 1. The molecule has 0 saturated carbocycles. The monoisotopic (exact) mass is 451 g/mol. The third kappa shape index (κ3) is 5.08. The van der Waals surface area contributed by atoms with Crippen LogP contribution in [0, 0.1) is 11.3 Å². The van der Waals surface area contributed by atoms with Crippen LogP contribution < -0.4 is 5.32 Å². The van der Waals surface area contributed by atoms with Crippen LogP contribution >= 0.6 is 11.8 Å². The number of benzene rings is 3. The van der Waals surface area contributed by atoms with Crippen LogP contribution in [0.15, 0.2) is 84.9 Å². The molecule has 1 heterocycles. The van der Waals surface area contributed by atoms with Gasteiger partial charge in [-0.3, -0.25) is 4.79 Å². The molecule has 1 atom stereocenters. The average Bonchev–Trinajstić information content (AvgIpc) is 2.87. The van der Waals surface area contributed by atoms with Crippen molar-refractivity contribution in [2.45, 2.75) is 18.9 Å². The van der Waals surface area contributed by atoms with Gasteiger partial charge in [-0.25, -0.2) is 4.98 Å². The Labute approximate surface area is 198 Å². The Balaban J connectivity index is 1.87. The van der Waals surface area contributed by atoms with Gasteiger partial charge in [0.1, 0.15) is 0 Å². The van der Waals surface area contributed by atoms with Gasteiger partial charge in [0, 0.05) is 10.9 Å². The van der Waals surface area contributed by atoms with Gasteiger partial charge >= 0.3 is 0 Å². The van der Waals surface area contributed by atoms with Gasteiger partial charge in [-0.15, -0.1) is 0 Å². The summed E-state index contributed by atoms with van der Waals surface area (Å²) < 4.78 is 0. The van der Waals surface area contributed by atoms with E-state index in [4.69, 9.17) is 4.98 Å². The summed E-state index contributed by atoms with van der Waals surface area (Å²) in [5.74, 6) is 0.700. The van der Waals surface area contributed by atoms with Gasteiger partial charge in [0.15, 0.2) is 0 Å². The molecular formula is C28H25N3OS. The zero-order chi connectivity index (χ0) is 23.0. The number of nitrogens with zero attached hydrogens (tertiary/aromatic N) is 2. The van der Waals surface area contributed by atoms with E-state index in [-0.39, 0.29) is 18.4 Å². The highest BCUT2D eigenvalue weighted by Gasteiger charge is 2.23. The van der Waals surface area contributed by atoms with Gasteiger partial charge < -0.3 is 5.32 Å². The quantitative estimate of drug-likeness (QED) is 0.347. The molecule has 0 bridgehead atoms. The van der Waals surface area contributed by atoms with Crippen LogP contribution in [0.1, 0.15) is 33.9 Å². The first-order chi connectivity index (χ1) is 16.2. The molecule has 0 saturated heterocycles. The predicted octanol–water partition coefficient (Wildman–Crippen LogP) is 6.19. The van der Waals surface area contributed by atoms with Crippen molar-refractivity contribution in [1.82, 2.24) is 10.3 Å². The molecule has 0 aliphatic heterocycles. The number of rotatable bonds is 8. The van der Waals surface area contributed by atoms with Crippen molar-refractivity contribution in [2.75, 3.05) is 12.0 Å². The van der Waals surface area contributed by atoms with Gasteiger partial charge in [-0.2, -0.15) is 17.0 Å². The van der Waals surface area contributed by atoms with Crippen molar-refractivity contribution in [1.29, 1.82) is 5.26 Å². The van der Waals surface area contributed by atoms with Crippen molar-refractivity contribution in [3.05, 3.63) is 102 Å². The van der Waals surface area contributed by atoms with E-state index < -0.39 is 0 Å². The number of carbonyl (C=O) groups is 1. The lowest BCUT2D eigenvalue weighted by atomic mass is 9.94. The molecule has 0 fully saturated rings. The molecule has 1 unspecified atom stereocenters. The minimum absolute atomic E-state index is 0.175. The zero-order valence-corrected chi connectivity index (χ0v) is 19.3. The first-order valence-corrected chi connectivity index (χ1v) is 12.3. The third-order valence-corrected chi connectivity index (χ3v) is 6.24. The second-order valence-electron chi connectivity index (χ2n) is 7.74. The van der Waals surface area contributed by atoms with Gasteiger partial charge in [-0.1, -0.05) is 78.9 Å². The fourth-order valence-electron chi connectivity index (χ4n) is 4.05. The normalized spacial score (nSPS) is 11.6. The molecule has 4 nitrogen and oxygen atoms in total. The number of carbonyl (C=O) groups excluding carboxylic acids is 1. The number of para-hydroxylation sites is 1. The van der Waals surface area contributed by atoms with Gasteiger partial charge in [0.2, 0.25) is 0 Å². The Morgan fingerprint density at radius 2 is 1.67 bits per heavy atom. The molecule has 4 rings (SSSR count). The van der Waals surface area contributed by atoms with Crippen LogP contribution in [0.3, 0.4) is 0 Å². The summed E-state index contributed by atoms with van der Waals surface area (Å²) in [6, 6.07) is 29.3. The molecule has 1 aromatic heterocycles. The summed E-state index contributed by atoms with van der Waals surface area (Å²) in [7, 11) is 0. The van der Waals surface area contributed by atoms with Crippen molar-refractivity contribution < 1.29 is 4.79 Å². The molecule has 0 spiro atoms. The van der Waals surface area contributed by atoms with E-state index in [1.165, 1.54) is 0 Å². The summed E-state index contributed by atoms with van der Waals surface area (Å²) in [5.41, 5.74) is 5.11. The van der Waals surface area contributed by atoms with Crippen molar-refractivity contribution in [3.63, 3.8) is 0 Å². The van der Waals surface area contributed by atoms with Crippen LogP contribution in [-0.2, 0) is 6.42 Å². The second-order valence-corrected chi connectivity index (χ2v) is 8.72. The Morgan fingerprint density at radius 3 is 2.36 bits per heavy atom. The molecule has 0 aliphatic rings. The first kappa shape index (κ1) is 22.6. The maximum atomic E-state index is 13.8. The van der Waals surface area contributed by atoms with Crippen LogP contribution in [0.5, 0.6) is 0 Å². The minimum atomic E-state index is -0.385. The molecule has 1 N–H and O–H groups in total. The number of pyridine rings is 1. The summed E-state index contributed by atoms with van der Waals surface area (Å²) in [4.78, 5) is 18.8. The largest absolute Gasteiger partial charge is 0.344 e. The number of nitriles is 1. The molecule has 5 heteroatoms. The van der Waals surface area contributed by atoms with E-state index in [2.05, 4.69) is 17.6 Å². The van der Waals surface area contributed by atoms with Gasteiger partial charge in [0.25, 0.3) is 5.91 Å². The number of amides is 1. The smallest absolute Gasteiger partial charge is 0.252 e. The summed E-state index contributed by atoms with van der Waals surface area (Å²) in [6.45, 7) is 0. The Bertz CT molecular complexity index is 1280. The lowest BCUT2D eigenvalue weighted by Gasteiger charge is -2.21. The maximum absolute atomic E-state index is 13.8. The zero-order valence-electron chi connectivity index (χ0n) is 18.5. The Hall–Kier alpha value is -3.62. The van der Waals surface area contributed by atoms with E-state index in [0.29, 0.717) is 5.56 Å². The van der Waals surface area contributed by atoms with E-state index in [1.54, 1.807) is 11.8 Å². The average molecular weight is 452 g/mol. The fourth-order valence-corrected chi connectivity index (χ4v) is 4.46. The van der Waals surface area contributed by atoms with Crippen LogP contribution in [0.2, 0.25) is 0 Å². The fraction of sp³-hybridized carbons (Fsp3) is 0.179. The van der Waals surface area contributed by atoms with Crippen LogP contribution in [0.25, 0.3) is 22.2 Å². The number of hydrogen-bond acceptors (Lipinski definition) is 4. The van der Waals surface area contributed by atoms with Crippen molar-refractivity contribution in [3.8, 4) is 17.3 Å². The van der Waals surface area contributed by atoms with E-state index in [1.807, 2.05) is 84.9 Å². The highest BCUT2D eigenvalue weighted by Crippen LogP contribution is 2.32. The summed E-state index contributed by atoms with van der Waals surface area (Å²) in [5, 5.41) is 13.4. The van der Waals surface area contributed by atoms with E-state index in [0.717, 1.165) is 45.5 Å². The number of fused-ring (bicyclic) bond motifs is 1. The van der Waals surface area contributed by atoms with Crippen LogP contribution in [0.4, 0.5) is 0 Å².